The largest absolute Gasteiger partial charge is 0.497 e. The monoisotopic (exact) mass is 323 g/mol. The lowest BCUT2D eigenvalue weighted by molar-refractivity contribution is 0.415. The highest BCUT2D eigenvalue weighted by Gasteiger charge is 2.20. The number of nitrogens with zero attached hydrogens (tertiary/aromatic N) is 1. The van der Waals surface area contributed by atoms with Gasteiger partial charge in [-0.25, -0.2) is 0 Å². The lowest BCUT2D eigenvalue weighted by Gasteiger charge is -2.31. The Morgan fingerprint density at radius 3 is 1.67 bits per heavy atom. The zero-order valence-electron chi connectivity index (χ0n) is 11.9. The van der Waals surface area contributed by atoms with Crippen LogP contribution in [-0.2, 0) is 11.8 Å². The molecule has 0 spiro atoms. The number of benzene rings is 2. The smallest absolute Gasteiger partial charge is 0.163 e. The van der Waals surface area contributed by atoms with Crippen molar-refractivity contribution in [2.75, 3.05) is 18.9 Å². The minimum Gasteiger partial charge on any atom is -0.497 e. The van der Waals surface area contributed by atoms with Crippen LogP contribution in [0, 0.1) is 0 Å². The first-order valence-corrected chi connectivity index (χ1v) is 9.11. The average molecular weight is 323 g/mol. The predicted octanol–water partition coefficient (Wildman–Crippen LogP) is 2.98. The number of anilines is 2. The Labute approximate surface area is 129 Å². The molecule has 21 heavy (non-hydrogen) atoms. The molecule has 0 aromatic heterocycles. The molecule has 0 amide bonds. The van der Waals surface area contributed by atoms with Gasteiger partial charge in [-0.3, -0.25) is 15.7 Å². The second-order valence-corrected chi connectivity index (χ2v) is 7.89. The molecule has 7 heteroatoms. The highest BCUT2D eigenvalue weighted by molar-refractivity contribution is 8.13. The van der Waals surface area contributed by atoms with Crippen LogP contribution in [0.1, 0.15) is 0 Å². The number of hydrogen-bond acceptors (Lipinski definition) is 3. The quantitative estimate of drug-likeness (QED) is 0.824. The SMILES string of the molecule is COc1cccc(N(c2cccc(OC)c2)P(N)(N)=S)c1. The van der Waals surface area contributed by atoms with Gasteiger partial charge in [0.2, 0.25) is 0 Å². The number of hydrogen-bond donors (Lipinski definition) is 2. The van der Waals surface area contributed by atoms with Crippen LogP contribution in [0.25, 0.3) is 0 Å². The zero-order chi connectivity index (χ0) is 15.5. The molecule has 0 radical (unpaired) electrons. The molecule has 0 atom stereocenters. The van der Waals surface area contributed by atoms with E-state index in [1.165, 1.54) is 0 Å². The zero-order valence-corrected chi connectivity index (χ0v) is 13.6. The van der Waals surface area contributed by atoms with E-state index in [9.17, 15) is 0 Å². The summed E-state index contributed by atoms with van der Waals surface area (Å²) in [5.74, 6) is 1.42. The topological polar surface area (TPSA) is 73.7 Å². The maximum absolute atomic E-state index is 6.07. The lowest BCUT2D eigenvalue weighted by Crippen LogP contribution is -2.24. The number of nitrogens with two attached hydrogens (primary N) is 2. The summed E-state index contributed by atoms with van der Waals surface area (Å²) in [6.07, 6.45) is 0. The average Bonchev–Trinajstić information content (AvgIpc) is 2.46. The Morgan fingerprint density at radius 2 is 1.33 bits per heavy atom. The molecule has 0 bridgehead atoms. The summed E-state index contributed by atoms with van der Waals surface area (Å²) in [4.78, 5) is 0. The van der Waals surface area contributed by atoms with Crippen molar-refractivity contribution in [1.29, 1.82) is 0 Å². The second-order valence-electron chi connectivity index (χ2n) is 4.39. The predicted molar refractivity (Wildman–Crippen MR) is 90.8 cm³/mol. The lowest BCUT2D eigenvalue weighted by atomic mass is 10.2. The minimum absolute atomic E-state index is 0.712. The second kappa shape index (κ2) is 6.45. The summed E-state index contributed by atoms with van der Waals surface area (Å²) < 4.78 is 12.2. The van der Waals surface area contributed by atoms with E-state index in [-0.39, 0.29) is 0 Å². The van der Waals surface area contributed by atoms with Crippen LogP contribution in [0.15, 0.2) is 48.5 Å². The summed E-state index contributed by atoms with van der Waals surface area (Å²) in [6.45, 7) is -2.72. The first kappa shape index (κ1) is 15.8. The third kappa shape index (κ3) is 3.74. The first-order valence-electron chi connectivity index (χ1n) is 6.21. The van der Waals surface area contributed by atoms with Crippen molar-refractivity contribution < 1.29 is 9.47 Å². The summed E-state index contributed by atoms with van der Waals surface area (Å²) in [6, 6.07) is 14.9. The van der Waals surface area contributed by atoms with Crippen LogP contribution in [0.4, 0.5) is 11.4 Å². The van der Waals surface area contributed by atoms with Gasteiger partial charge >= 0.3 is 0 Å². The van der Waals surface area contributed by atoms with Gasteiger partial charge in [0.05, 0.1) is 25.6 Å². The molecule has 0 saturated heterocycles. The van der Waals surface area contributed by atoms with Gasteiger partial charge in [-0.2, -0.15) is 0 Å². The fraction of sp³-hybridized carbons (Fsp3) is 0.143. The van der Waals surface area contributed by atoms with Gasteiger partial charge in [-0.1, -0.05) is 12.1 Å². The molecule has 2 aromatic rings. The molecule has 5 nitrogen and oxygen atoms in total. The summed E-state index contributed by atoms with van der Waals surface area (Å²) in [7, 11) is 3.21. The molecule has 0 fully saturated rings. The van der Waals surface area contributed by atoms with Crippen molar-refractivity contribution in [2.45, 2.75) is 0 Å². The normalized spacial score (nSPS) is 11.0. The molecule has 0 aliphatic heterocycles. The standard InChI is InChI=1S/C14H18N3O2PS/c1-18-13-7-3-5-11(9-13)17(20(15,16)21)12-6-4-8-14(10-12)19-2/h3-10H,1-2H3,(H4,15,16,21). The Balaban J connectivity index is 2.55. The van der Waals surface area contributed by atoms with Gasteiger partial charge in [0.15, 0.2) is 6.49 Å². The van der Waals surface area contributed by atoms with E-state index in [2.05, 4.69) is 0 Å². The van der Waals surface area contributed by atoms with Crippen LogP contribution in [0.3, 0.4) is 0 Å². The molecule has 0 unspecified atom stereocenters. The molecular formula is C14H18N3O2PS. The van der Waals surface area contributed by atoms with Crippen LogP contribution in [0.2, 0.25) is 0 Å². The maximum atomic E-state index is 6.07. The third-order valence-electron chi connectivity index (χ3n) is 2.91. The highest BCUT2D eigenvalue weighted by Crippen LogP contribution is 2.45. The maximum Gasteiger partial charge on any atom is 0.163 e. The van der Waals surface area contributed by atoms with Crippen molar-refractivity contribution in [3.63, 3.8) is 0 Å². The van der Waals surface area contributed by atoms with Crippen molar-refractivity contribution >= 4 is 29.7 Å². The van der Waals surface area contributed by atoms with E-state index in [0.29, 0.717) is 11.5 Å². The molecule has 0 saturated carbocycles. The van der Waals surface area contributed by atoms with Crippen LogP contribution < -0.4 is 25.2 Å². The minimum atomic E-state index is -2.72. The fourth-order valence-electron chi connectivity index (χ4n) is 1.99. The van der Waals surface area contributed by atoms with Crippen LogP contribution in [0.5, 0.6) is 11.5 Å². The van der Waals surface area contributed by atoms with E-state index < -0.39 is 6.49 Å². The molecule has 4 N–H and O–H groups in total. The van der Waals surface area contributed by atoms with E-state index in [1.54, 1.807) is 18.9 Å². The summed E-state index contributed by atoms with van der Waals surface area (Å²) >= 11 is 5.34. The van der Waals surface area contributed by atoms with Gasteiger partial charge in [-0.15, -0.1) is 0 Å². The Morgan fingerprint density at radius 1 is 0.905 bits per heavy atom. The Bertz CT molecular complexity index is 627. The van der Waals surface area contributed by atoms with E-state index in [4.69, 9.17) is 32.3 Å². The molecule has 0 aliphatic carbocycles. The van der Waals surface area contributed by atoms with Crippen molar-refractivity contribution in [3.05, 3.63) is 48.5 Å². The fourth-order valence-corrected chi connectivity index (χ4v) is 3.53. The molecule has 2 aromatic carbocycles. The molecule has 112 valence electrons. The van der Waals surface area contributed by atoms with Gasteiger partial charge in [-0.05, 0) is 36.1 Å². The number of ether oxygens (including phenoxy) is 2. The van der Waals surface area contributed by atoms with Crippen molar-refractivity contribution in [2.24, 2.45) is 11.0 Å². The third-order valence-corrected chi connectivity index (χ3v) is 4.49. The molecule has 2 rings (SSSR count). The van der Waals surface area contributed by atoms with Crippen molar-refractivity contribution in [3.8, 4) is 11.5 Å². The van der Waals surface area contributed by atoms with Crippen LogP contribution >= 0.6 is 6.49 Å². The van der Waals surface area contributed by atoms with E-state index in [1.807, 2.05) is 48.5 Å². The summed E-state index contributed by atoms with van der Waals surface area (Å²) in [5.41, 5.74) is 13.7. The number of methoxy groups -OCH3 is 2. The van der Waals surface area contributed by atoms with E-state index in [0.717, 1.165) is 11.4 Å². The molecular weight excluding hydrogens is 305 g/mol. The molecule has 0 aliphatic rings. The van der Waals surface area contributed by atoms with Gasteiger partial charge in [0, 0.05) is 12.1 Å². The number of rotatable bonds is 5. The van der Waals surface area contributed by atoms with Gasteiger partial charge < -0.3 is 9.47 Å². The van der Waals surface area contributed by atoms with Gasteiger partial charge in [0.25, 0.3) is 0 Å². The van der Waals surface area contributed by atoms with Crippen molar-refractivity contribution in [1.82, 2.24) is 0 Å². The summed E-state index contributed by atoms with van der Waals surface area (Å²) in [5, 5.41) is 0. The molecule has 0 heterocycles. The first-order chi connectivity index (χ1) is 9.95. The van der Waals surface area contributed by atoms with Crippen LogP contribution in [-0.4, -0.2) is 14.2 Å². The van der Waals surface area contributed by atoms with E-state index >= 15 is 0 Å². The van der Waals surface area contributed by atoms with Gasteiger partial charge in [0.1, 0.15) is 11.5 Å². The highest BCUT2D eigenvalue weighted by atomic mass is 32.4. The Kier molecular flexibility index (Phi) is 4.85. The Hall–Kier alpha value is -1.59.